The average molecular weight is 213 g/mol. The van der Waals surface area contributed by atoms with Gasteiger partial charge in [-0.3, -0.25) is 4.79 Å². The molecule has 0 bridgehead atoms. The van der Waals surface area contributed by atoms with E-state index in [0.29, 0.717) is 6.04 Å². The number of rotatable bonds is 2. The Morgan fingerprint density at radius 1 is 1.27 bits per heavy atom. The van der Waals surface area contributed by atoms with Crippen LogP contribution in [0, 0.1) is 5.92 Å². The van der Waals surface area contributed by atoms with Crippen molar-refractivity contribution in [3.63, 3.8) is 0 Å². The van der Waals surface area contributed by atoms with Crippen LogP contribution in [0.2, 0.25) is 0 Å². The van der Waals surface area contributed by atoms with Crippen LogP contribution in [-0.4, -0.2) is 18.2 Å². The minimum atomic E-state index is 0.131. The van der Waals surface area contributed by atoms with Crippen LogP contribution in [0.15, 0.2) is 0 Å². The molecule has 0 aromatic carbocycles. The quantitative estimate of drug-likeness (QED) is 0.715. The molecule has 0 atom stereocenters. The molecule has 1 rings (SSSR count). The minimum absolute atomic E-state index is 0.131. The van der Waals surface area contributed by atoms with Crippen molar-refractivity contribution in [1.29, 1.82) is 0 Å². The number of hydrogen-bond acceptors (Lipinski definition) is 2. The first-order valence-corrected chi connectivity index (χ1v) is 5.82. The fourth-order valence-corrected chi connectivity index (χ4v) is 1.61. The van der Waals surface area contributed by atoms with Gasteiger partial charge in [0.05, 0.1) is 0 Å². The summed E-state index contributed by atoms with van der Waals surface area (Å²) in [5, 5.41) is 3.08. The van der Waals surface area contributed by atoms with Crippen LogP contribution in [0.3, 0.4) is 0 Å². The molecule has 1 aliphatic carbocycles. The number of amides is 1. The molecule has 1 fully saturated rings. The zero-order chi connectivity index (χ0) is 11.7. The van der Waals surface area contributed by atoms with E-state index in [0.717, 1.165) is 6.29 Å². The second-order valence-electron chi connectivity index (χ2n) is 4.23. The van der Waals surface area contributed by atoms with Gasteiger partial charge in [-0.2, -0.15) is 0 Å². The predicted octanol–water partition coefficient (Wildman–Crippen LogP) is 2.30. The summed E-state index contributed by atoms with van der Waals surface area (Å²) in [5.41, 5.74) is 0. The van der Waals surface area contributed by atoms with Crippen LogP contribution < -0.4 is 5.32 Å². The first-order valence-electron chi connectivity index (χ1n) is 5.82. The maximum atomic E-state index is 11.3. The lowest BCUT2D eigenvalue weighted by Crippen LogP contribution is -2.38. The molecule has 0 radical (unpaired) electrons. The first-order chi connectivity index (χ1) is 7.11. The second-order valence-corrected chi connectivity index (χ2v) is 4.23. The van der Waals surface area contributed by atoms with Crippen LogP contribution in [-0.2, 0) is 9.59 Å². The van der Waals surface area contributed by atoms with E-state index in [9.17, 15) is 4.79 Å². The summed E-state index contributed by atoms with van der Waals surface area (Å²) in [7, 11) is 0. The fourth-order valence-electron chi connectivity index (χ4n) is 1.61. The Balaban J connectivity index is 0.000000583. The molecule has 1 N–H and O–H groups in total. The van der Waals surface area contributed by atoms with Crippen molar-refractivity contribution >= 4 is 12.2 Å². The van der Waals surface area contributed by atoms with E-state index >= 15 is 0 Å². The van der Waals surface area contributed by atoms with Crippen LogP contribution in [0.1, 0.15) is 52.9 Å². The van der Waals surface area contributed by atoms with Gasteiger partial charge in [0.25, 0.3) is 0 Å². The van der Waals surface area contributed by atoms with Crippen LogP contribution in [0.5, 0.6) is 0 Å². The summed E-state index contributed by atoms with van der Waals surface area (Å²) in [5.74, 6) is 0.342. The lowest BCUT2D eigenvalue weighted by Gasteiger charge is -2.23. The summed E-state index contributed by atoms with van der Waals surface area (Å²) in [6.07, 6.45) is 7.01. The molecule has 0 aromatic heterocycles. The maximum absolute atomic E-state index is 11.3. The highest BCUT2D eigenvalue weighted by molar-refractivity contribution is 5.78. The van der Waals surface area contributed by atoms with Crippen LogP contribution >= 0.6 is 0 Å². The van der Waals surface area contributed by atoms with Gasteiger partial charge in [0.15, 0.2) is 0 Å². The highest BCUT2D eigenvalue weighted by atomic mass is 16.1. The molecule has 1 aliphatic rings. The van der Waals surface area contributed by atoms with Gasteiger partial charge in [-0.1, -0.05) is 33.1 Å². The third-order valence-electron chi connectivity index (χ3n) is 2.48. The molecule has 0 spiro atoms. The molecule has 3 nitrogen and oxygen atoms in total. The van der Waals surface area contributed by atoms with Gasteiger partial charge >= 0.3 is 0 Å². The van der Waals surface area contributed by atoms with E-state index in [2.05, 4.69) is 5.32 Å². The molecule has 15 heavy (non-hydrogen) atoms. The standard InChI is InChI=1S/C10H19NO.C2H4O/c1-8(2)10(12)11-9-6-4-3-5-7-9;1-2-3/h8-9H,3-7H2,1-2H3,(H,11,12);2H,1H3. The topological polar surface area (TPSA) is 46.2 Å². The Kier molecular flexibility index (Phi) is 7.96. The summed E-state index contributed by atoms with van der Waals surface area (Å²) < 4.78 is 0. The van der Waals surface area contributed by atoms with E-state index in [-0.39, 0.29) is 11.8 Å². The fraction of sp³-hybridized carbons (Fsp3) is 0.833. The van der Waals surface area contributed by atoms with E-state index < -0.39 is 0 Å². The maximum Gasteiger partial charge on any atom is 0.222 e. The summed E-state index contributed by atoms with van der Waals surface area (Å²) >= 11 is 0. The van der Waals surface area contributed by atoms with Gasteiger partial charge in [-0.25, -0.2) is 0 Å². The molecule has 0 aliphatic heterocycles. The van der Waals surface area contributed by atoms with Gasteiger partial charge < -0.3 is 10.1 Å². The average Bonchev–Trinajstić information content (AvgIpc) is 2.20. The number of hydrogen-bond donors (Lipinski definition) is 1. The van der Waals surface area contributed by atoms with Gasteiger partial charge in [0, 0.05) is 12.0 Å². The number of nitrogens with one attached hydrogen (secondary N) is 1. The highest BCUT2D eigenvalue weighted by Crippen LogP contribution is 2.17. The Bertz CT molecular complexity index is 184. The highest BCUT2D eigenvalue weighted by Gasteiger charge is 2.16. The van der Waals surface area contributed by atoms with Crippen LogP contribution in [0.4, 0.5) is 0 Å². The predicted molar refractivity (Wildman–Crippen MR) is 61.6 cm³/mol. The van der Waals surface area contributed by atoms with Gasteiger partial charge in [-0.15, -0.1) is 0 Å². The molecule has 1 saturated carbocycles. The molecular formula is C12H23NO2. The first kappa shape index (κ1) is 14.1. The van der Waals surface area contributed by atoms with E-state index in [4.69, 9.17) is 4.79 Å². The third kappa shape index (κ3) is 7.11. The Morgan fingerprint density at radius 2 is 1.73 bits per heavy atom. The largest absolute Gasteiger partial charge is 0.353 e. The third-order valence-corrected chi connectivity index (χ3v) is 2.48. The van der Waals surface area contributed by atoms with Crippen molar-refractivity contribution in [2.24, 2.45) is 5.92 Å². The normalized spacial score (nSPS) is 16.5. The Hall–Kier alpha value is -0.860. The summed E-state index contributed by atoms with van der Waals surface area (Å²) in [6.45, 7) is 5.33. The molecule has 0 saturated heterocycles. The van der Waals surface area contributed by atoms with Crippen molar-refractivity contribution in [3.05, 3.63) is 0 Å². The molecule has 0 aromatic rings. The van der Waals surface area contributed by atoms with Crippen molar-refractivity contribution in [2.45, 2.75) is 58.9 Å². The SMILES string of the molecule is CC(C)C(=O)NC1CCCCC1.CC=O. The van der Waals surface area contributed by atoms with E-state index in [1.807, 2.05) is 13.8 Å². The lowest BCUT2D eigenvalue weighted by atomic mass is 9.95. The van der Waals surface area contributed by atoms with Gasteiger partial charge in [-0.05, 0) is 19.8 Å². The van der Waals surface area contributed by atoms with Crippen molar-refractivity contribution in [3.8, 4) is 0 Å². The molecular weight excluding hydrogens is 190 g/mol. The van der Waals surface area contributed by atoms with Crippen molar-refractivity contribution in [2.75, 3.05) is 0 Å². The molecule has 1 amide bonds. The molecule has 88 valence electrons. The summed E-state index contributed by atoms with van der Waals surface area (Å²) in [4.78, 5) is 20.1. The van der Waals surface area contributed by atoms with Crippen LogP contribution in [0.25, 0.3) is 0 Å². The summed E-state index contributed by atoms with van der Waals surface area (Å²) in [6, 6.07) is 0.466. The number of aldehydes is 1. The van der Waals surface area contributed by atoms with Gasteiger partial charge in [0.2, 0.25) is 5.91 Å². The lowest BCUT2D eigenvalue weighted by molar-refractivity contribution is -0.124. The van der Waals surface area contributed by atoms with E-state index in [1.165, 1.54) is 39.0 Å². The molecule has 0 unspecified atom stereocenters. The number of carbonyl (C=O) groups is 2. The second kappa shape index (κ2) is 8.45. The monoisotopic (exact) mass is 213 g/mol. The Labute approximate surface area is 92.6 Å². The number of carbonyl (C=O) groups excluding carboxylic acids is 2. The zero-order valence-corrected chi connectivity index (χ0v) is 10.1. The minimum Gasteiger partial charge on any atom is -0.353 e. The molecule has 0 heterocycles. The van der Waals surface area contributed by atoms with Gasteiger partial charge in [0.1, 0.15) is 6.29 Å². The zero-order valence-electron chi connectivity index (χ0n) is 10.1. The van der Waals surface area contributed by atoms with E-state index in [1.54, 1.807) is 0 Å². The molecule has 3 heteroatoms. The van der Waals surface area contributed by atoms with Crippen molar-refractivity contribution in [1.82, 2.24) is 5.32 Å². The Morgan fingerprint density at radius 3 is 2.13 bits per heavy atom. The van der Waals surface area contributed by atoms with Crippen molar-refractivity contribution < 1.29 is 9.59 Å². The smallest absolute Gasteiger partial charge is 0.222 e.